The SMILES string of the molecule is CCCCCCCNc1cccc(COC)c1. The lowest BCUT2D eigenvalue weighted by Crippen LogP contribution is -2.01. The van der Waals surface area contributed by atoms with Gasteiger partial charge in [-0.15, -0.1) is 0 Å². The first-order valence-corrected chi connectivity index (χ1v) is 6.68. The van der Waals surface area contributed by atoms with Crippen LogP contribution in [0.15, 0.2) is 24.3 Å². The van der Waals surface area contributed by atoms with Crippen molar-refractivity contribution in [3.05, 3.63) is 29.8 Å². The van der Waals surface area contributed by atoms with E-state index in [0.29, 0.717) is 6.61 Å². The molecule has 0 saturated carbocycles. The van der Waals surface area contributed by atoms with Gasteiger partial charge >= 0.3 is 0 Å². The second-order valence-corrected chi connectivity index (χ2v) is 4.47. The zero-order valence-corrected chi connectivity index (χ0v) is 11.2. The van der Waals surface area contributed by atoms with E-state index in [1.165, 1.54) is 43.4 Å². The predicted molar refractivity (Wildman–Crippen MR) is 74.4 cm³/mol. The predicted octanol–water partition coefficient (Wildman–Crippen LogP) is 4.22. The summed E-state index contributed by atoms with van der Waals surface area (Å²) in [7, 11) is 1.73. The summed E-state index contributed by atoms with van der Waals surface area (Å²) < 4.78 is 5.13. The van der Waals surface area contributed by atoms with Gasteiger partial charge in [0.2, 0.25) is 0 Å². The topological polar surface area (TPSA) is 21.3 Å². The van der Waals surface area contributed by atoms with Crippen molar-refractivity contribution in [1.29, 1.82) is 0 Å². The van der Waals surface area contributed by atoms with Crippen molar-refractivity contribution in [2.45, 2.75) is 45.6 Å². The minimum Gasteiger partial charge on any atom is -0.385 e. The molecular weight excluding hydrogens is 210 g/mol. The summed E-state index contributed by atoms with van der Waals surface area (Å²) in [5, 5.41) is 3.46. The highest BCUT2D eigenvalue weighted by atomic mass is 16.5. The van der Waals surface area contributed by atoms with E-state index in [0.717, 1.165) is 6.54 Å². The highest BCUT2D eigenvalue weighted by Gasteiger charge is 1.95. The van der Waals surface area contributed by atoms with Crippen LogP contribution >= 0.6 is 0 Å². The van der Waals surface area contributed by atoms with Gasteiger partial charge in [0.15, 0.2) is 0 Å². The van der Waals surface area contributed by atoms with Gasteiger partial charge in [0, 0.05) is 19.3 Å². The van der Waals surface area contributed by atoms with E-state index >= 15 is 0 Å². The first kappa shape index (κ1) is 14.0. The highest BCUT2D eigenvalue weighted by molar-refractivity contribution is 5.45. The maximum Gasteiger partial charge on any atom is 0.0713 e. The normalized spacial score (nSPS) is 10.5. The molecule has 1 aromatic carbocycles. The molecule has 0 heterocycles. The number of hydrogen-bond acceptors (Lipinski definition) is 2. The average Bonchev–Trinajstić information content (AvgIpc) is 2.35. The molecule has 0 bridgehead atoms. The second kappa shape index (κ2) is 9.06. The van der Waals surface area contributed by atoms with Gasteiger partial charge in [0.25, 0.3) is 0 Å². The van der Waals surface area contributed by atoms with E-state index in [-0.39, 0.29) is 0 Å². The zero-order chi connectivity index (χ0) is 12.3. The molecular formula is C15H25NO. The summed E-state index contributed by atoms with van der Waals surface area (Å²) in [6.07, 6.45) is 6.63. The molecule has 17 heavy (non-hydrogen) atoms. The summed E-state index contributed by atoms with van der Waals surface area (Å²) in [6.45, 7) is 4.01. The molecule has 0 saturated heterocycles. The molecule has 0 aliphatic rings. The number of unbranched alkanes of at least 4 members (excludes halogenated alkanes) is 4. The number of rotatable bonds is 9. The lowest BCUT2D eigenvalue weighted by molar-refractivity contribution is 0.185. The van der Waals surface area contributed by atoms with Gasteiger partial charge < -0.3 is 10.1 Å². The fraction of sp³-hybridized carbons (Fsp3) is 0.600. The molecule has 1 rings (SSSR count). The van der Waals surface area contributed by atoms with Gasteiger partial charge in [-0.25, -0.2) is 0 Å². The number of nitrogens with one attached hydrogen (secondary N) is 1. The molecule has 96 valence electrons. The third-order valence-corrected chi connectivity index (χ3v) is 2.85. The molecule has 1 N–H and O–H groups in total. The van der Waals surface area contributed by atoms with Gasteiger partial charge in [-0.1, -0.05) is 44.7 Å². The molecule has 0 amide bonds. The average molecular weight is 235 g/mol. The van der Waals surface area contributed by atoms with Gasteiger partial charge in [-0.3, -0.25) is 0 Å². The third kappa shape index (κ3) is 6.32. The van der Waals surface area contributed by atoms with E-state index < -0.39 is 0 Å². The van der Waals surface area contributed by atoms with Crippen LogP contribution in [0.4, 0.5) is 5.69 Å². The van der Waals surface area contributed by atoms with Crippen LogP contribution in [0.2, 0.25) is 0 Å². The maximum atomic E-state index is 5.13. The zero-order valence-electron chi connectivity index (χ0n) is 11.2. The fourth-order valence-electron chi connectivity index (χ4n) is 1.90. The molecule has 2 heteroatoms. The van der Waals surface area contributed by atoms with Crippen LogP contribution in [-0.2, 0) is 11.3 Å². The van der Waals surface area contributed by atoms with Crippen LogP contribution in [0.5, 0.6) is 0 Å². The number of ether oxygens (including phenoxy) is 1. The number of benzene rings is 1. The minimum absolute atomic E-state index is 0.687. The Morgan fingerprint density at radius 1 is 1.12 bits per heavy atom. The largest absolute Gasteiger partial charge is 0.385 e. The van der Waals surface area contributed by atoms with E-state index in [1.807, 2.05) is 0 Å². The molecule has 0 unspecified atom stereocenters. The van der Waals surface area contributed by atoms with Crippen LogP contribution in [0.3, 0.4) is 0 Å². The Balaban J connectivity index is 2.19. The Bertz CT molecular complexity index is 299. The Morgan fingerprint density at radius 3 is 2.71 bits per heavy atom. The summed E-state index contributed by atoms with van der Waals surface area (Å²) in [5.74, 6) is 0. The standard InChI is InChI=1S/C15H25NO/c1-3-4-5-6-7-11-16-15-10-8-9-14(12-15)13-17-2/h8-10,12,16H,3-7,11,13H2,1-2H3. The van der Waals surface area contributed by atoms with Crippen LogP contribution in [0, 0.1) is 0 Å². The van der Waals surface area contributed by atoms with Crippen molar-refractivity contribution in [1.82, 2.24) is 0 Å². The van der Waals surface area contributed by atoms with Crippen molar-refractivity contribution in [2.24, 2.45) is 0 Å². The molecule has 0 fully saturated rings. The molecule has 0 aliphatic carbocycles. The number of anilines is 1. The van der Waals surface area contributed by atoms with Crippen LogP contribution in [0.1, 0.15) is 44.6 Å². The monoisotopic (exact) mass is 235 g/mol. The maximum absolute atomic E-state index is 5.13. The van der Waals surface area contributed by atoms with Crippen LogP contribution in [0.25, 0.3) is 0 Å². The van der Waals surface area contributed by atoms with Crippen molar-refractivity contribution >= 4 is 5.69 Å². The van der Waals surface area contributed by atoms with Crippen LogP contribution < -0.4 is 5.32 Å². The Labute approximate surface area is 105 Å². The van der Waals surface area contributed by atoms with Gasteiger partial charge in [0.1, 0.15) is 0 Å². The number of methoxy groups -OCH3 is 1. The highest BCUT2D eigenvalue weighted by Crippen LogP contribution is 2.12. The van der Waals surface area contributed by atoms with E-state index in [2.05, 4.69) is 36.5 Å². The molecule has 0 aliphatic heterocycles. The number of hydrogen-bond donors (Lipinski definition) is 1. The Morgan fingerprint density at radius 2 is 1.94 bits per heavy atom. The fourth-order valence-corrected chi connectivity index (χ4v) is 1.90. The van der Waals surface area contributed by atoms with Gasteiger partial charge in [-0.05, 0) is 24.1 Å². The van der Waals surface area contributed by atoms with Crippen molar-refractivity contribution in [3.63, 3.8) is 0 Å². The minimum atomic E-state index is 0.687. The summed E-state index contributed by atoms with van der Waals surface area (Å²) >= 11 is 0. The van der Waals surface area contributed by atoms with Crippen molar-refractivity contribution in [2.75, 3.05) is 19.0 Å². The van der Waals surface area contributed by atoms with E-state index in [4.69, 9.17) is 4.74 Å². The van der Waals surface area contributed by atoms with E-state index in [9.17, 15) is 0 Å². The third-order valence-electron chi connectivity index (χ3n) is 2.85. The summed E-state index contributed by atoms with van der Waals surface area (Å²) in [6, 6.07) is 8.45. The Kier molecular flexibility index (Phi) is 7.48. The lowest BCUT2D eigenvalue weighted by Gasteiger charge is -2.08. The molecule has 0 aromatic heterocycles. The first-order chi connectivity index (χ1) is 8.36. The van der Waals surface area contributed by atoms with Crippen molar-refractivity contribution < 1.29 is 4.74 Å². The molecule has 2 nitrogen and oxygen atoms in total. The first-order valence-electron chi connectivity index (χ1n) is 6.68. The molecule has 1 aromatic rings. The van der Waals surface area contributed by atoms with Crippen molar-refractivity contribution in [3.8, 4) is 0 Å². The second-order valence-electron chi connectivity index (χ2n) is 4.47. The lowest BCUT2D eigenvalue weighted by atomic mass is 10.1. The van der Waals surface area contributed by atoms with Gasteiger partial charge in [-0.2, -0.15) is 0 Å². The van der Waals surface area contributed by atoms with E-state index in [1.54, 1.807) is 7.11 Å². The molecule has 0 atom stereocenters. The molecule has 0 spiro atoms. The molecule has 0 radical (unpaired) electrons. The van der Waals surface area contributed by atoms with Crippen LogP contribution in [-0.4, -0.2) is 13.7 Å². The summed E-state index contributed by atoms with van der Waals surface area (Å²) in [4.78, 5) is 0. The van der Waals surface area contributed by atoms with Gasteiger partial charge in [0.05, 0.1) is 6.61 Å². The smallest absolute Gasteiger partial charge is 0.0713 e. The summed E-state index contributed by atoms with van der Waals surface area (Å²) in [5.41, 5.74) is 2.43. The quantitative estimate of drug-likeness (QED) is 0.647. The Hall–Kier alpha value is -1.02.